The van der Waals surface area contributed by atoms with E-state index in [1.165, 1.54) is 19.3 Å². The third kappa shape index (κ3) is 6.39. The molecule has 0 radical (unpaired) electrons. The van der Waals surface area contributed by atoms with Crippen molar-refractivity contribution >= 4 is 5.91 Å². The van der Waals surface area contributed by atoms with Gasteiger partial charge in [0, 0.05) is 25.7 Å². The van der Waals surface area contributed by atoms with Gasteiger partial charge >= 0.3 is 0 Å². The zero-order valence-electron chi connectivity index (χ0n) is 12.8. The summed E-state index contributed by atoms with van der Waals surface area (Å²) in [7, 11) is 0. The van der Waals surface area contributed by atoms with Crippen LogP contribution in [-0.2, 0) is 4.79 Å². The number of likely N-dealkylation sites (tertiary alicyclic amines) is 1. The van der Waals surface area contributed by atoms with Gasteiger partial charge in [0.2, 0.25) is 5.91 Å². The van der Waals surface area contributed by atoms with Gasteiger partial charge in [0.15, 0.2) is 0 Å². The number of aliphatic hydroxyl groups excluding tert-OH is 1. The van der Waals surface area contributed by atoms with Crippen molar-refractivity contribution in [2.24, 2.45) is 0 Å². The molecule has 19 heavy (non-hydrogen) atoms. The molecular formula is C15H30N2O2. The topological polar surface area (TPSA) is 43.8 Å². The predicted molar refractivity (Wildman–Crippen MR) is 78.1 cm³/mol. The lowest BCUT2D eigenvalue weighted by Crippen LogP contribution is -2.46. The molecule has 1 amide bonds. The molecule has 1 N–H and O–H groups in total. The van der Waals surface area contributed by atoms with E-state index in [4.69, 9.17) is 0 Å². The monoisotopic (exact) mass is 270 g/mol. The SMILES string of the molecule is CC(O)CN(CC(=O)N1CCCCCCC1)C(C)C. The van der Waals surface area contributed by atoms with Crippen LogP contribution in [0.1, 0.15) is 52.9 Å². The molecule has 0 aromatic rings. The Morgan fingerprint density at radius 3 is 2.11 bits per heavy atom. The third-order valence-corrected chi connectivity index (χ3v) is 3.78. The molecule has 1 atom stereocenters. The molecule has 1 rings (SSSR count). The standard InChI is InChI=1S/C15H30N2O2/c1-13(2)17(11-14(3)18)12-15(19)16-9-7-5-4-6-8-10-16/h13-14,18H,4-12H2,1-3H3. The average Bonchev–Trinajstić information content (AvgIpc) is 2.26. The van der Waals surface area contributed by atoms with Crippen LogP contribution in [0.15, 0.2) is 0 Å². The molecule has 1 heterocycles. The minimum atomic E-state index is -0.387. The molecule has 1 saturated heterocycles. The minimum Gasteiger partial charge on any atom is -0.392 e. The molecule has 1 unspecified atom stereocenters. The van der Waals surface area contributed by atoms with Crippen LogP contribution in [0.25, 0.3) is 0 Å². The van der Waals surface area contributed by atoms with Gasteiger partial charge in [-0.1, -0.05) is 19.3 Å². The lowest BCUT2D eigenvalue weighted by molar-refractivity contribution is -0.133. The Morgan fingerprint density at radius 2 is 1.63 bits per heavy atom. The highest BCUT2D eigenvalue weighted by Crippen LogP contribution is 2.11. The highest BCUT2D eigenvalue weighted by molar-refractivity contribution is 5.78. The van der Waals surface area contributed by atoms with Crippen LogP contribution < -0.4 is 0 Å². The number of amides is 1. The number of hydrogen-bond acceptors (Lipinski definition) is 3. The Balaban J connectivity index is 2.49. The number of hydrogen-bond donors (Lipinski definition) is 1. The summed E-state index contributed by atoms with van der Waals surface area (Å²) in [6, 6.07) is 0.285. The van der Waals surface area contributed by atoms with Crippen LogP contribution in [0.5, 0.6) is 0 Å². The van der Waals surface area contributed by atoms with Crippen molar-refractivity contribution in [1.82, 2.24) is 9.80 Å². The molecule has 1 fully saturated rings. The number of rotatable bonds is 5. The molecule has 0 aromatic carbocycles. The molecule has 1 aliphatic heterocycles. The van der Waals surface area contributed by atoms with Crippen molar-refractivity contribution < 1.29 is 9.90 Å². The van der Waals surface area contributed by atoms with Crippen molar-refractivity contribution in [3.05, 3.63) is 0 Å². The van der Waals surface area contributed by atoms with Gasteiger partial charge in [-0.2, -0.15) is 0 Å². The summed E-state index contributed by atoms with van der Waals surface area (Å²) in [4.78, 5) is 16.4. The fraction of sp³-hybridized carbons (Fsp3) is 0.933. The van der Waals surface area contributed by atoms with E-state index in [1.807, 2.05) is 4.90 Å². The lowest BCUT2D eigenvalue weighted by atomic mass is 10.1. The highest BCUT2D eigenvalue weighted by Gasteiger charge is 2.20. The van der Waals surface area contributed by atoms with Gasteiger partial charge in [0.25, 0.3) is 0 Å². The van der Waals surface area contributed by atoms with Crippen LogP contribution in [-0.4, -0.2) is 59.1 Å². The second-order valence-corrected chi connectivity index (χ2v) is 6.02. The van der Waals surface area contributed by atoms with Crippen molar-refractivity contribution in [3.63, 3.8) is 0 Å². The van der Waals surface area contributed by atoms with Crippen molar-refractivity contribution in [2.45, 2.75) is 65.0 Å². The molecule has 0 bridgehead atoms. The second-order valence-electron chi connectivity index (χ2n) is 6.02. The van der Waals surface area contributed by atoms with E-state index < -0.39 is 0 Å². The highest BCUT2D eigenvalue weighted by atomic mass is 16.3. The fourth-order valence-corrected chi connectivity index (χ4v) is 2.57. The van der Waals surface area contributed by atoms with E-state index in [0.717, 1.165) is 25.9 Å². The molecule has 4 nitrogen and oxygen atoms in total. The van der Waals surface area contributed by atoms with E-state index in [9.17, 15) is 9.90 Å². The van der Waals surface area contributed by atoms with Crippen LogP contribution in [0.2, 0.25) is 0 Å². The van der Waals surface area contributed by atoms with Gasteiger partial charge in [0.1, 0.15) is 0 Å². The normalized spacial score (nSPS) is 19.4. The van der Waals surface area contributed by atoms with E-state index in [2.05, 4.69) is 18.7 Å². The molecule has 0 aromatic heterocycles. The smallest absolute Gasteiger partial charge is 0.236 e. The van der Waals surface area contributed by atoms with Crippen LogP contribution in [0, 0.1) is 0 Å². The Labute approximate surface area is 117 Å². The molecule has 112 valence electrons. The van der Waals surface area contributed by atoms with E-state index in [-0.39, 0.29) is 18.1 Å². The Bertz CT molecular complexity index is 259. The molecule has 4 heteroatoms. The van der Waals surface area contributed by atoms with Gasteiger partial charge in [-0.25, -0.2) is 0 Å². The van der Waals surface area contributed by atoms with Crippen LogP contribution >= 0.6 is 0 Å². The molecular weight excluding hydrogens is 240 g/mol. The van der Waals surface area contributed by atoms with Gasteiger partial charge in [-0.05, 0) is 33.6 Å². The van der Waals surface area contributed by atoms with Gasteiger partial charge < -0.3 is 10.0 Å². The summed E-state index contributed by atoms with van der Waals surface area (Å²) < 4.78 is 0. The molecule has 1 aliphatic rings. The average molecular weight is 270 g/mol. The minimum absolute atomic E-state index is 0.219. The largest absolute Gasteiger partial charge is 0.392 e. The third-order valence-electron chi connectivity index (χ3n) is 3.78. The van der Waals surface area contributed by atoms with Crippen LogP contribution in [0.4, 0.5) is 0 Å². The van der Waals surface area contributed by atoms with Crippen molar-refractivity contribution in [1.29, 1.82) is 0 Å². The number of aliphatic hydroxyl groups is 1. The summed E-state index contributed by atoms with van der Waals surface area (Å²) >= 11 is 0. The zero-order chi connectivity index (χ0) is 14.3. The fourth-order valence-electron chi connectivity index (χ4n) is 2.57. The van der Waals surface area contributed by atoms with Crippen molar-refractivity contribution in [2.75, 3.05) is 26.2 Å². The zero-order valence-corrected chi connectivity index (χ0v) is 12.8. The lowest BCUT2D eigenvalue weighted by Gasteiger charge is -2.31. The number of carbonyl (C=O) groups excluding carboxylic acids is 1. The second kappa shape index (κ2) is 8.54. The van der Waals surface area contributed by atoms with Gasteiger partial charge in [0.05, 0.1) is 12.6 Å². The predicted octanol–water partition coefficient (Wildman–Crippen LogP) is 1.87. The summed E-state index contributed by atoms with van der Waals surface area (Å²) in [6.07, 6.45) is 5.66. The van der Waals surface area contributed by atoms with Crippen LogP contribution in [0.3, 0.4) is 0 Å². The first kappa shape index (κ1) is 16.4. The number of carbonyl (C=O) groups is 1. The van der Waals surface area contributed by atoms with Gasteiger partial charge in [-0.3, -0.25) is 9.69 Å². The summed E-state index contributed by atoms with van der Waals surface area (Å²) in [6.45, 7) is 8.72. The summed E-state index contributed by atoms with van der Waals surface area (Å²) in [5, 5.41) is 9.51. The quantitative estimate of drug-likeness (QED) is 0.829. The summed E-state index contributed by atoms with van der Waals surface area (Å²) in [5.74, 6) is 0.219. The molecule has 0 saturated carbocycles. The van der Waals surface area contributed by atoms with E-state index >= 15 is 0 Å². The Hall–Kier alpha value is -0.610. The Kier molecular flexibility index (Phi) is 7.39. The van der Waals surface area contributed by atoms with Crippen molar-refractivity contribution in [3.8, 4) is 0 Å². The van der Waals surface area contributed by atoms with Gasteiger partial charge in [-0.15, -0.1) is 0 Å². The maximum atomic E-state index is 12.4. The van der Waals surface area contributed by atoms with E-state index in [0.29, 0.717) is 13.1 Å². The first-order chi connectivity index (χ1) is 9.00. The number of nitrogens with zero attached hydrogens (tertiary/aromatic N) is 2. The Morgan fingerprint density at radius 1 is 1.11 bits per heavy atom. The first-order valence-corrected chi connectivity index (χ1v) is 7.70. The first-order valence-electron chi connectivity index (χ1n) is 7.70. The summed E-state index contributed by atoms with van der Waals surface area (Å²) in [5.41, 5.74) is 0. The maximum absolute atomic E-state index is 12.4. The molecule has 0 spiro atoms. The molecule has 0 aliphatic carbocycles. The van der Waals surface area contributed by atoms with E-state index in [1.54, 1.807) is 6.92 Å². The maximum Gasteiger partial charge on any atom is 0.236 e.